The largest absolute Gasteiger partial charge is 0.392 e. The third-order valence-corrected chi connectivity index (χ3v) is 3.25. The average Bonchev–Trinajstić information content (AvgIpc) is 2.24. The molecule has 0 saturated carbocycles. The molecular formula is C15H22FNO2. The Balaban J connectivity index is 2.41. The molecule has 4 heteroatoms. The molecule has 106 valence electrons. The highest BCUT2D eigenvalue weighted by Gasteiger charge is 2.39. The quantitative estimate of drug-likeness (QED) is 0.894. The number of ether oxygens (including phenoxy) is 1. The normalized spacial score (nSPS) is 21.5. The summed E-state index contributed by atoms with van der Waals surface area (Å²) in [5.74, 6) is -0.292. The first kappa shape index (κ1) is 14.3. The van der Waals surface area contributed by atoms with Gasteiger partial charge in [-0.05, 0) is 33.8 Å². The molecule has 0 aliphatic carbocycles. The van der Waals surface area contributed by atoms with Gasteiger partial charge >= 0.3 is 0 Å². The molecule has 3 nitrogen and oxygen atoms in total. The van der Waals surface area contributed by atoms with E-state index in [9.17, 15) is 9.50 Å². The number of aliphatic hydroxyl groups is 1. The standard InChI is InChI=1S/C15H22FNO2/c1-14(2)9-17(10-15(3,4)19-14)13-11(8-18)6-5-7-12(13)16/h5-7,18H,8-10H2,1-4H3. The Morgan fingerprint density at radius 1 is 1.21 bits per heavy atom. The van der Waals surface area contributed by atoms with Crippen LogP contribution in [0.15, 0.2) is 18.2 Å². The molecule has 1 saturated heterocycles. The average molecular weight is 267 g/mol. The lowest BCUT2D eigenvalue weighted by Gasteiger charge is -2.48. The Morgan fingerprint density at radius 2 is 1.79 bits per heavy atom. The van der Waals surface area contributed by atoms with Crippen molar-refractivity contribution in [1.82, 2.24) is 0 Å². The molecule has 0 spiro atoms. The topological polar surface area (TPSA) is 32.7 Å². The molecule has 1 aliphatic heterocycles. The molecule has 0 radical (unpaired) electrons. The van der Waals surface area contributed by atoms with E-state index in [0.717, 1.165) is 0 Å². The molecular weight excluding hydrogens is 245 g/mol. The lowest BCUT2D eigenvalue weighted by Crippen LogP contribution is -2.57. The van der Waals surface area contributed by atoms with E-state index in [4.69, 9.17) is 4.74 Å². The van der Waals surface area contributed by atoms with Crippen molar-refractivity contribution in [2.75, 3.05) is 18.0 Å². The Kier molecular flexibility index (Phi) is 3.58. The number of anilines is 1. The van der Waals surface area contributed by atoms with Crippen molar-refractivity contribution in [2.45, 2.75) is 45.5 Å². The third-order valence-electron chi connectivity index (χ3n) is 3.25. The summed E-state index contributed by atoms with van der Waals surface area (Å²) in [6.07, 6.45) is 0. The summed E-state index contributed by atoms with van der Waals surface area (Å²) in [5, 5.41) is 9.41. The molecule has 1 aliphatic rings. The zero-order valence-corrected chi connectivity index (χ0v) is 12.0. The highest BCUT2D eigenvalue weighted by Crippen LogP contribution is 2.34. The van der Waals surface area contributed by atoms with Crippen LogP contribution in [0.1, 0.15) is 33.3 Å². The van der Waals surface area contributed by atoms with Gasteiger partial charge in [0.1, 0.15) is 5.82 Å². The van der Waals surface area contributed by atoms with Crippen molar-refractivity contribution in [3.8, 4) is 0 Å². The molecule has 0 atom stereocenters. The van der Waals surface area contributed by atoms with E-state index in [1.54, 1.807) is 12.1 Å². The van der Waals surface area contributed by atoms with Gasteiger partial charge in [0.2, 0.25) is 0 Å². The van der Waals surface area contributed by atoms with Gasteiger partial charge in [-0.3, -0.25) is 0 Å². The summed E-state index contributed by atoms with van der Waals surface area (Å²) in [6, 6.07) is 4.82. The summed E-state index contributed by atoms with van der Waals surface area (Å²) in [7, 11) is 0. The van der Waals surface area contributed by atoms with E-state index in [1.165, 1.54) is 6.07 Å². The van der Waals surface area contributed by atoms with Crippen molar-refractivity contribution in [3.63, 3.8) is 0 Å². The van der Waals surface area contributed by atoms with Crippen LogP contribution in [0.2, 0.25) is 0 Å². The zero-order chi connectivity index (χ0) is 14.3. The highest BCUT2D eigenvalue weighted by atomic mass is 19.1. The highest BCUT2D eigenvalue weighted by molar-refractivity contribution is 5.55. The molecule has 1 aromatic rings. The summed E-state index contributed by atoms with van der Waals surface area (Å²) < 4.78 is 20.1. The van der Waals surface area contributed by atoms with Crippen molar-refractivity contribution in [3.05, 3.63) is 29.6 Å². The van der Waals surface area contributed by atoms with Gasteiger partial charge in [0.25, 0.3) is 0 Å². The molecule has 2 rings (SSSR count). The van der Waals surface area contributed by atoms with Crippen molar-refractivity contribution in [1.29, 1.82) is 0 Å². The van der Waals surface area contributed by atoms with Crippen LogP contribution in [0.25, 0.3) is 0 Å². The summed E-state index contributed by atoms with van der Waals surface area (Å²) in [4.78, 5) is 1.98. The van der Waals surface area contributed by atoms with Gasteiger partial charge in [-0.15, -0.1) is 0 Å². The van der Waals surface area contributed by atoms with Crippen molar-refractivity contribution < 1.29 is 14.2 Å². The molecule has 19 heavy (non-hydrogen) atoms. The van der Waals surface area contributed by atoms with E-state index in [2.05, 4.69) is 0 Å². The van der Waals surface area contributed by atoms with E-state index in [0.29, 0.717) is 24.3 Å². The first-order valence-electron chi connectivity index (χ1n) is 6.57. The van der Waals surface area contributed by atoms with Crippen molar-refractivity contribution in [2.24, 2.45) is 0 Å². The zero-order valence-electron chi connectivity index (χ0n) is 12.0. The maximum atomic E-state index is 14.1. The first-order chi connectivity index (χ1) is 8.74. The Bertz CT molecular complexity index is 455. The Labute approximate surface area is 114 Å². The lowest BCUT2D eigenvalue weighted by molar-refractivity contribution is -0.133. The van der Waals surface area contributed by atoms with Crippen LogP contribution in [0.3, 0.4) is 0 Å². The van der Waals surface area contributed by atoms with Crippen LogP contribution in [0.5, 0.6) is 0 Å². The van der Waals surface area contributed by atoms with Crippen molar-refractivity contribution >= 4 is 5.69 Å². The third kappa shape index (κ3) is 3.07. The summed E-state index contributed by atoms with van der Waals surface area (Å²) >= 11 is 0. The van der Waals surface area contributed by atoms with Gasteiger partial charge in [0, 0.05) is 18.7 Å². The van der Waals surface area contributed by atoms with Gasteiger partial charge in [-0.2, -0.15) is 0 Å². The summed E-state index contributed by atoms with van der Waals surface area (Å²) in [6.45, 7) is 9.04. The fourth-order valence-corrected chi connectivity index (χ4v) is 2.99. The fourth-order valence-electron chi connectivity index (χ4n) is 2.99. The second-order valence-corrected chi connectivity index (χ2v) is 6.38. The van der Waals surface area contributed by atoms with Crippen LogP contribution >= 0.6 is 0 Å². The van der Waals surface area contributed by atoms with Crippen LogP contribution in [-0.4, -0.2) is 29.4 Å². The van der Waals surface area contributed by atoms with Crippen LogP contribution in [-0.2, 0) is 11.3 Å². The van der Waals surface area contributed by atoms with Gasteiger partial charge in [0.05, 0.1) is 23.5 Å². The van der Waals surface area contributed by atoms with Gasteiger partial charge < -0.3 is 14.7 Å². The smallest absolute Gasteiger partial charge is 0.146 e. The molecule has 1 fully saturated rings. The number of hydrogen-bond donors (Lipinski definition) is 1. The van der Waals surface area contributed by atoms with Gasteiger partial charge in [0.15, 0.2) is 0 Å². The number of hydrogen-bond acceptors (Lipinski definition) is 3. The molecule has 1 N–H and O–H groups in total. The van der Waals surface area contributed by atoms with Crippen LogP contribution < -0.4 is 4.90 Å². The van der Waals surface area contributed by atoms with E-state index in [-0.39, 0.29) is 23.6 Å². The number of para-hydroxylation sites is 1. The lowest BCUT2D eigenvalue weighted by atomic mass is 9.97. The molecule has 0 amide bonds. The minimum absolute atomic E-state index is 0.161. The van der Waals surface area contributed by atoms with Crippen LogP contribution in [0.4, 0.5) is 10.1 Å². The summed E-state index contributed by atoms with van der Waals surface area (Å²) in [5.41, 5.74) is 0.413. The van der Waals surface area contributed by atoms with Gasteiger partial charge in [-0.1, -0.05) is 12.1 Å². The first-order valence-corrected chi connectivity index (χ1v) is 6.57. The second kappa shape index (κ2) is 4.76. The van der Waals surface area contributed by atoms with Gasteiger partial charge in [-0.25, -0.2) is 4.39 Å². The number of halogens is 1. The number of benzene rings is 1. The maximum Gasteiger partial charge on any atom is 0.146 e. The molecule has 0 bridgehead atoms. The number of rotatable bonds is 2. The monoisotopic (exact) mass is 267 g/mol. The number of morpholine rings is 1. The van der Waals surface area contributed by atoms with E-state index < -0.39 is 0 Å². The predicted octanol–water partition coefficient (Wildman–Crippen LogP) is 2.71. The molecule has 0 unspecified atom stereocenters. The molecule has 1 aromatic carbocycles. The molecule has 0 aromatic heterocycles. The second-order valence-electron chi connectivity index (χ2n) is 6.38. The minimum atomic E-state index is -0.350. The van der Waals surface area contributed by atoms with E-state index >= 15 is 0 Å². The SMILES string of the molecule is CC1(C)CN(c2c(F)cccc2CO)CC(C)(C)O1. The van der Waals surface area contributed by atoms with Crippen LogP contribution in [0, 0.1) is 5.82 Å². The minimum Gasteiger partial charge on any atom is -0.392 e. The molecule has 1 heterocycles. The number of aliphatic hydroxyl groups excluding tert-OH is 1. The predicted molar refractivity (Wildman–Crippen MR) is 73.8 cm³/mol. The van der Waals surface area contributed by atoms with E-state index in [1.807, 2.05) is 32.6 Å². The number of nitrogens with zero attached hydrogens (tertiary/aromatic N) is 1. The Morgan fingerprint density at radius 3 is 2.32 bits per heavy atom. The maximum absolute atomic E-state index is 14.1. The fraction of sp³-hybridized carbons (Fsp3) is 0.600. The Hall–Kier alpha value is -1.13.